The molecule has 31 heavy (non-hydrogen) atoms. The topological polar surface area (TPSA) is 84.9 Å². The summed E-state index contributed by atoms with van der Waals surface area (Å²) < 4.78 is 38.0. The zero-order valence-electron chi connectivity index (χ0n) is 17.7. The number of aryl methyl sites for hydroxylation is 2. The molecule has 1 unspecified atom stereocenters. The third-order valence-corrected chi connectivity index (χ3v) is 7.71. The van der Waals surface area contributed by atoms with Gasteiger partial charge in [0.15, 0.2) is 6.61 Å². The quantitative estimate of drug-likeness (QED) is 0.740. The molecule has 0 radical (unpaired) electrons. The fourth-order valence-electron chi connectivity index (χ4n) is 4.16. The number of rotatable bonds is 6. The molecular weight excluding hydrogens is 416 g/mol. The highest BCUT2D eigenvalue weighted by molar-refractivity contribution is 7.89. The van der Waals surface area contributed by atoms with Crippen LogP contribution in [-0.4, -0.2) is 51.5 Å². The average molecular weight is 445 g/mol. The molecule has 1 saturated heterocycles. The molecule has 0 saturated carbocycles. The van der Waals surface area contributed by atoms with Gasteiger partial charge in [-0.15, -0.1) is 0 Å². The molecular formula is C23H28N2O5S. The highest BCUT2D eigenvalue weighted by Crippen LogP contribution is 2.29. The summed E-state index contributed by atoms with van der Waals surface area (Å²) in [6, 6.07) is 12.9. The molecule has 1 amide bonds. The highest BCUT2D eigenvalue weighted by Gasteiger charge is 2.27. The maximum Gasteiger partial charge on any atom is 0.258 e. The van der Waals surface area contributed by atoms with E-state index in [1.54, 1.807) is 19.1 Å². The predicted octanol–water partition coefficient (Wildman–Crippen LogP) is 2.59. The van der Waals surface area contributed by atoms with Crippen molar-refractivity contribution in [2.24, 2.45) is 0 Å². The van der Waals surface area contributed by atoms with E-state index in [0.29, 0.717) is 37.6 Å². The molecule has 1 N–H and O–H groups in total. The average Bonchev–Trinajstić information content (AvgIpc) is 2.79. The molecule has 8 heteroatoms. The predicted molar refractivity (Wildman–Crippen MR) is 117 cm³/mol. The van der Waals surface area contributed by atoms with E-state index in [2.05, 4.69) is 17.4 Å². The first kappa shape index (κ1) is 21.8. The van der Waals surface area contributed by atoms with E-state index in [-0.39, 0.29) is 23.5 Å². The summed E-state index contributed by atoms with van der Waals surface area (Å²) in [5.41, 5.74) is 3.13. The first-order chi connectivity index (χ1) is 14.9. The Labute approximate surface area is 183 Å². The fourth-order valence-corrected chi connectivity index (χ4v) is 5.66. The fraction of sp³-hybridized carbons (Fsp3) is 0.435. The van der Waals surface area contributed by atoms with Crippen LogP contribution in [0.2, 0.25) is 0 Å². The summed E-state index contributed by atoms with van der Waals surface area (Å²) in [6.45, 7) is 3.17. The maximum absolute atomic E-state index is 12.8. The molecule has 2 aliphatic rings. The van der Waals surface area contributed by atoms with Crippen molar-refractivity contribution in [1.29, 1.82) is 0 Å². The largest absolute Gasteiger partial charge is 0.484 e. The van der Waals surface area contributed by atoms with Crippen LogP contribution in [0.3, 0.4) is 0 Å². The third-order valence-electron chi connectivity index (χ3n) is 5.82. The van der Waals surface area contributed by atoms with Gasteiger partial charge in [-0.05, 0) is 61.1 Å². The zero-order chi connectivity index (χ0) is 21.8. The Morgan fingerprint density at radius 2 is 1.97 bits per heavy atom. The van der Waals surface area contributed by atoms with Gasteiger partial charge in [0.2, 0.25) is 10.0 Å². The van der Waals surface area contributed by atoms with Crippen LogP contribution in [0.25, 0.3) is 0 Å². The van der Waals surface area contributed by atoms with Gasteiger partial charge in [-0.3, -0.25) is 4.79 Å². The number of sulfonamides is 1. The van der Waals surface area contributed by atoms with Crippen molar-refractivity contribution in [3.05, 3.63) is 59.2 Å². The lowest BCUT2D eigenvalue weighted by Crippen LogP contribution is -2.40. The molecule has 0 bridgehead atoms. The number of benzene rings is 2. The minimum atomic E-state index is -3.56. The van der Waals surface area contributed by atoms with E-state index in [1.807, 2.05) is 12.1 Å². The number of nitrogens with one attached hydrogen (secondary N) is 1. The van der Waals surface area contributed by atoms with Crippen LogP contribution in [0.4, 0.5) is 0 Å². The number of carbonyl (C=O) groups excluding carboxylic acids is 1. The second-order valence-electron chi connectivity index (χ2n) is 7.94. The summed E-state index contributed by atoms with van der Waals surface area (Å²) >= 11 is 0. The van der Waals surface area contributed by atoms with E-state index >= 15 is 0 Å². The molecule has 1 aliphatic heterocycles. The van der Waals surface area contributed by atoms with E-state index in [1.165, 1.54) is 21.5 Å². The molecule has 2 aromatic rings. The normalized spacial score (nSPS) is 19.5. The lowest BCUT2D eigenvalue weighted by atomic mass is 9.88. The summed E-state index contributed by atoms with van der Waals surface area (Å²) in [5, 5.41) is 3.07. The number of nitrogens with zero attached hydrogens (tertiary/aromatic N) is 1. The van der Waals surface area contributed by atoms with Crippen molar-refractivity contribution in [3.63, 3.8) is 0 Å². The lowest BCUT2D eigenvalue weighted by Gasteiger charge is -2.26. The maximum atomic E-state index is 12.8. The molecule has 1 atom stereocenters. The lowest BCUT2D eigenvalue weighted by molar-refractivity contribution is -0.124. The Hall–Kier alpha value is -2.42. The minimum Gasteiger partial charge on any atom is -0.484 e. The third kappa shape index (κ3) is 4.92. The standard InChI is InChI=1S/C23H28N2O5S/c1-17-15-19(31(27,28)25-11-13-29-14-12-25)9-10-22(17)30-16-23(26)24-21-8-4-6-18-5-2-3-7-20(18)21/h2-3,5,7,9-10,15,21H,4,6,8,11-14,16H2,1H3,(H,24,26). The van der Waals surface area contributed by atoms with Crippen LogP contribution in [0.15, 0.2) is 47.4 Å². The van der Waals surface area contributed by atoms with Crippen molar-refractivity contribution in [1.82, 2.24) is 9.62 Å². The smallest absolute Gasteiger partial charge is 0.258 e. The molecule has 4 rings (SSSR count). The second kappa shape index (κ2) is 9.38. The summed E-state index contributed by atoms with van der Waals surface area (Å²) in [5.74, 6) is 0.311. The summed E-state index contributed by atoms with van der Waals surface area (Å²) in [6.07, 6.45) is 2.99. The van der Waals surface area contributed by atoms with E-state index in [4.69, 9.17) is 9.47 Å². The van der Waals surface area contributed by atoms with Gasteiger partial charge in [0.05, 0.1) is 24.2 Å². The van der Waals surface area contributed by atoms with Crippen molar-refractivity contribution in [2.45, 2.75) is 37.1 Å². The van der Waals surface area contributed by atoms with Crippen molar-refractivity contribution < 1.29 is 22.7 Å². The minimum absolute atomic E-state index is 0.00295. The molecule has 1 aliphatic carbocycles. The van der Waals surface area contributed by atoms with Crippen LogP contribution < -0.4 is 10.1 Å². The van der Waals surface area contributed by atoms with Gasteiger partial charge < -0.3 is 14.8 Å². The number of ether oxygens (including phenoxy) is 2. The highest BCUT2D eigenvalue weighted by atomic mass is 32.2. The monoisotopic (exact) mass is 444 g/mol. The van der Waals surface area contributed by atoms with Crippen LogP contribution in [0, 0.1) is 6.92 Å². The van der Waals surface area contributed by atoms with Crippen molar-refractivity contribution >= 4 is 15.9 Å². The van der Waals surface area contributed by atoms with Crippen LogP contribution in [0.5, 0.6) is 5.75 Å². The molecule has 0 aromatic heterocycles. The van der Waals surface area contributed by atoms with E-state index in [0.717, 1.165) is 19.3 Å². The molecule has 2 aromatic carbocycles. The van der Waals surface area contributed by atoms with E-state index in [9.17, 15) is 13.2 Å². The number of carbonyl (C=O) groups is 1. The van der Waals surface area contributed by atoms with Gasteiger partial charge in [-0.25, -0.2) is 8.42 Å². The van der Waals surface area contributed by atoms with Gasteiger partial charge in [0, 0.05) is 13.1 Å². The Morgan fingerprint density at radius 3 is 2.74 bits per heavy atom. The van der Waals surface area contributed by atoms with Crippen LogP contribution >= 0.6 is 0 Å². The number of hydrogen-bond acceptors (Lipinski definition) is 5. The Kier molecular flexibility index (Phi) is 6.60. The first-order valence-electron chi connectivity index (χ1n) is 10.6. The first-order valence-corrected chi connectivity index (χ1v) is 12.1. The molecule has 0 spiro atoms. The SMILES string of the molecule is Cc1cc(S(=O)(=O)N2CCOCC2)ccc1OCC(=O)NC1CCCc2ccccc21. The van der Waals surface area contributed by atoms with Gasteiger partial charge in [-0.2, -0.15) is 4.31 Å². The number of fused-ring (bicyclic) bond motifs is 1. The Bertz CT molecular complexity index is 1050. The summed E-state index contributed by atoms with van der Waals surface area (Å²) in [7, 11) is -3.56. The van der Waals surface area contributed by atoms with E-state index < -0.39 is 10.0 Å². The van der Waals surface area contributed by atoms with Gasteiger partial charge >= 0.3 is 0 Å². The molecule has 166 valence electrons. The van der Waals surface area contributed by atoms with Gasteiger partial charge in [0.25, 0.3) is 5.91 Å². The van der Waals surface area contributed by atoms with Gasteiger partial charge in [0.1, 0.15) is 5.75 Å². The zero-order valence-corrected chi connectivity index (χ0v) is 18.5. The number of hydrogen-bond donors (Lipinski definition) is 1. The van der Waals surface area contributed by atoms with Gasteiger partial charge in [-0.1, -0.05) is 24.3 Å². The van der Waals surface area contributed by atoms with Crippen LogP contribution in [-0.2, 0) is 26.0 Å². The molecule has 1 heterocycles. The summed E-state index contributed by atoms with van der Waals surface area (Å²) in [4.78, 5) is 12.7. The second-order valence-corrected chi connectivity index (χ2v) is 9.88. The number of morpholine rings is 1. The van der Waals surface area contributed by atoms with Crippen molar-refractivity contribution in [3.8, 4) is 5.75 Å². The molecule has 7 nitrogen and oxygen atoms in total. The van der Waals surface area contributed by atoms with Crippen LogP contribution in [0.1, 0.15) is 35.6 Å². The Morgan fingerprint density at radius 1 is 1.19 bits per heavy atom. The number of amides is 1. The van der Waals surface area contributed by atoms with Crippen molar-refractivity contribution in [2.75, 3.05) is 32.9 Å². The Balaban J connectivity index is 1.37. The molecule has 1 fully saturated rings.